The van der Waals surface area contributed by atoms with Gasteiger partial charge in [-0.05, 0) is 10.9 Å². The van der Waals surface area contributed by atoms with E-state index in [0.29, 0.717) is 13.0 Å². The molecule has 2 nitrogen and oxygen atoms in total. The van der Waals surface area contributed by atoms with Crippen molar-refractivity contribution in [3.8, 4) is 0 Å². The molecule has 0 aromatic heterocycles. The van der Waals surface area contributed by atoms with Crippen molar-refractivity contribution in [1.29, 1.82) is 0 Å². The van der Waals surface area contributed by atoms with Crippen molar-refractivity contribution in [3.63, 3.8) is 0 Å². The Kier molecular flexibility index (Phi) is 2.19. The Hall–Kier alpha value is -0.410. The predicted molar refractivity (Wildman–Crippen MR) is 30.5 cm³/mol. The summed E-state index contributed by atoms with van der Waals surface area (Å²) in [5.41, 5.74) is 0. The van der Waals surface area contributed by atoms with Gasteiger partial charge in [0.15, 0.2) is 0 Å². The van der Waals surface area contributed by atoms with Crippen molar-refractivity contribution in [2.24, 2.45) is 0 Å². The Morgan fingerprint density at radius 3 is 3.00 bits per heavy atom. The van der Waals surface area contributed by atoms with Gasteiger partial charge in [-0.1, -0.05) is 6.08 Å². The lowest BCUT2D eigenvalue weighted by molar-refractivity contribution is -0.183. The Bertz CT molecular complexity index is 101. The van der Waals surface area contributed by atoms with Crippen molar-refractivity contribution in [1.82, 2.24) is 0 Å². The highest BCUT2D eigenvalue weighted by Gasteiger charge is 2.33. The second kappa shape index (κ2) is 2.94. The van der Waals surface area contributed by atoms with Gasteiger partial charge in [-0.25, -0.2) is 0 Å². The van der Waals surface area contributed by atoms with Gasteiger partial charge in [0.05, 0.1) is 6.61 Å². The topological polar surface area (TPSA) is 21.8 Å². The van der Waals surface area contributed by atoms with Gasteiger partial charge in [0.1, 0.15) is 12.2 Å². The van der Waals surface area contributed by atoms with Gasteiger partial charge >= 0.3 is 0 Å². The van der Waals surface area contributed by atoms with Gasteiger partial charge in [0.25, 0.3) is 0 Å². The molecular weight excluding hydrogens is 123 g/mol. The highest BCUT2D eigenvalue weighted by molar-refractivity contribution is 4.84. The summed E-state index contributed by atoms with van der Waals surface area (Å²) in [6, 6.07) is 0. The Labute approximate surface area is 53.2 Å². The number of ether oxygens (including phenoxy) is 1. The molecule has 0 spiro atoms. The molecule has 1 rings (SSSR count). The van der Waals surface area contributed by atoms with Crippen molar-refractivity contribution < 1.29 is 14.2 Å². The Morgan fingerprint density at radius 1 is 2.00 bits per heavy atom. The van der Waals surface area contributed by atoms with Crippen molar-refractivity contribution in [3.05, 3.63) is 12.7 Å². The third kappa shape index (κ3) is 1.77. The summed E-state index contributed by atoms with van der Waals surface area (Å²) in [5, 5.41) is 0. The molecule has 1 saturated heterocycles. The first-order chi connectivity index (χ1) is 4.38. The van der Waals surface area contributed by atoms with E-state index in [1.165, 1.54) is 0 Å². The first kappa shape index (κ1) is 6.71. The molecule has 1 aliphatic rings. The number of halogens is 1. The molecule has 1 aliphatic heterocycles. The van der Waals surface area contributed by atoms with Gasteiger partial charge < -0.3 is 4.74 Å². The third-order valence-corrected chi connectivity index (χ3v) is 1.29. The van der Waals surface area contributed by atoms with E-state index in [0.717, 1.165) is 0 Å². The van der Waals surface area contributed by atoms with Crippen LogP contribution in [0.1, 0.15) is 6.42 Å². The molecule has 3 heteroatoms. The minimum absolute atomic E-state index is 0.0343. The number of hydrogen-bond acceptors (Lipinski definition) is 2. The normalized spacial score (nSPS) is 27.4. The highest BCUT2D eigenvalue weighted by atomic mass is 19.3. The summed E-state index contributed by atoms with van der Waals surface area (Å²) < 4.78 is 16.3. The van der Waals surface area contributed by atoms with Crippen LogP contribution in [-0.4, -0.2) is 18.8 Å². The van der Waals surface area contributed by atoms with Gasteiger partial charge in [-0.2, -0.15) is 4.94 Å². The van der Waals surface area contributed by atoms with E-state index in [9.17, 15) is 4.53 Å². The smallest absolute Gasteiger partial charge is 0.130 e. The van der Waals surface area contributed by atoms with Crippen LogP contribution < -0.4 is 0 Å². The molecular formula is C6H9FO2. The van der Waals surface area contributed by atoms with E-state index in [4.69, 9.17) is 4.74 Å². The Balaban J connectivity index is 2.20. The minimum Gasteiger partial charge on any atom is -0.370 e. The van der Waals surface area contributed by atoms with E-state index >= 15 is 0 Å². The average molecular weight is 132 g/mol. The average Bonchev–Trinajstić information content (AvgIpc) is 2.64. The second-order valence-corrected chi connectivity index (χ2v) is 2.02. The molecule has 0 aromatic rings. The lowest BCUT2D eigenvalue weighted by Crippen LogP contribution is -2.14. The van der Waals surface area contributed by atoms with Gasteiger partial charge in [-0.15, -0.1) is 6.58 Å². The highest BCUT2D eigenvalue weighted by Crippen LogP contribution is 2.19. The van der Waals surface area contributed by atoms with Crippen LogP contribution in [0.4, 0.5) is 4.53 Å². The van der Waals surface area contributed by atoms with Gasteiger partial charge in [0.2, 0.25) is 0 Å². The van der Waals surface area contributed by atoms with Crippen LogP contribution >= 0.6 is 0 Å². The summed E-state index contributed by atoms with van der Waals surface area (Å²) in [6.07, 6.45) is 1.67. The zero-order valence-corrected chi connectivity index (χ0v) is 5.05. The van der Waals surface area contributed by atoms with Crippen molar-refractivity contribution in [2.45, 2.75) is 18.6 Å². The lowest BCUT2D eigenvalue weighted by atomic mass is 10.2. The molecule has 0 amide bonds. The fourth-order valence-electron chi connectivity index (χ4n) is 0.680. The fourth-order valence-corrected chi connectivity index (χ4v) is 0.680. The van der Waals surface area contributed by atoms with Crippen LogP contribution in [0.3, 0.4) is 0 Å². The van der Waals surface area contributed by atoms with Crippen LogP contribution in [0.15, 0.2) is 12.7 Å². The summed E-state index contributed by atoms with van der Waals surface area (Å²) in [6.45, 7) is 4.07. The van der Waals surface area contributed by atoms with E-state index in [2.05, 4.69) is 11.5 Å². The molecule has 2 unspecified atom stereocenters. The van der Waals surface area contributed by atoms with Crippen LogP contribution in [0.2, 0.25) is 0 Å². The third-order valence-electron chi connectivity index (χ3n) is 1.29. The molecule has 0 N–H and O–H groups in total. The van der Waals surface area contributed by atoms with Crippen LogP contribution in [0.5, 0.6) is 0 Å². The predicted octanol–water partition coefficient (Wildman–Crippen LogP) is 1.23. The van der Waals surface area contributed by atoms with E-state index in [1.807, 2.05) is 0 Å². The number of rotatable bonds is 4. The van der Waals surface area contributed by atoms with E-state index in [1.54, 1.807) is 6.08 Å². The van der Waals surface area contributed by atoms with Crippen LogP contribution in [0, 0.1) is 0 Å². The maximum atomic E-state index is 11.5. The second-order valence-electron chi connectivity index (χ2n) is 2.02. The van der Waals surface area contributed by atoms with E-state index < -0.39 is 6.10 Å². The summed E-state index contributed by atoms with van der Waals surface area (Å²) in [5.74, 6) is 0. The Morgan fingerprint density at radius 2 is 2.67 bits per heavy atom. The number of hydrogen-bond donors (Lipinski definition) is 0. The molecule has 2 atom stereocenters. The maximum Gasteiger partial charge on any atom is 0.130 e. The molecule has 0 radical (unpaired) electrons. The first-order valence-corrected chi connectivity index (χ1v) is 2.88. The molecule has 52 valence electrons. The summed E-state index contributed by atoms with van der Waals surface area (Å²) >= 11 is 0. The van der Waals surface area contributed by atoms with Gasteiger partial charge in [0, 0.05) is 0 Å². The van der Waals surface area contributed by atoms with Crippen molar-refractivity contribution in [2.75, 3.05) is 6.61 Å². The molecule has 0 aromatic carbocycles. The fraction of sp³-hybridized carbons (Fsp3) is 0.667. The zero-order valence-electron chi connectivity index (χ0n) is 5.05. The van der Waals surface area contributed by atoms with E-state index in [-0.39, 0.29) is 6.10 Å². The molecule has 9 heavy (non-hydrogen) atoms. The van der Waals surface area contributed by atoms with Crippen molar-refractivity contribution >= 4 is 0 Å². The SMILES string of the molecule is C=CCC(OF)C1CO1. The van der Waals surface area contributed by atoms with Crippen LogP contribution in [0.25, 0.3) is 0 Å². The standard InChI is InChI=1S/C6H9FO2/c1-2-3-5(9-7)6-4-8-6/h2,5-6H,1,3-4H2. The zero-order chi connectivity index (χ0) is 6.69. The number of epoxide rings is 1. The van der Waals surface area contributed by atoms with Gasteiger partial charge in [-0.3, -0.25) is 0 Å². The monoisotopic (exact) mass is 132 g/mol. The lowest BCUT2D eigenvalue weighted by Gasteiger charge is -2.02. The maximum absolute atomic E-state index is 11.5. The first-order valence-electron chi connectivity index (χ1n) is 2.88. The largest absolute Gasteiger partial charge is 0.370 e. The quantitative estimate of drug-likeness (QED) is 0.424. The molecule has 0 saturated carbocycles. The minimum atomic E-state index is -0.428. The summed E-state index contributed by atoms with van der Waals surface area (Å²) in [7, 11) is 0. The molecule has 1 fully saturated rings. The van der Waals surface area contributed by atoms with Crippen LogP contribution in [-0.2, 0) is 9.68 Å². The molecule has 0 bridgehead atoms. The summed E-state index contributed by atoms with van der Waals surface area (Å²) in [4.78, 5) is 3.62. The molecule has 1 heterocycles. The molecule has 0 aliphatic carbocycles.